The van der Waals surface area contributed by atoms with Crippen molar-refractivity contribution in [1.82, 2.24) is 9.62 Å². The van der Waals surface area contributed by atoms with Crippen LogP contribution in [0.25, 0.3) is 0 Å². The number of likely N-dealkylation sites (tertiary alicyclic amines) is 1. The van der Waals surface area contributed by atoms with E-state index >= 15 is 0 Å². The summed E-state index contributed by atoms with van der Waals surface area (Å²) >= 11 is 0. The highest BCUT2D eigenvalue weighted by atomic mass is 32.2. The molecule has 0 atom stereocenters. The zero-order valence-electron chi connectivity index (χ0n) is 17.4. The van der Waals surface area contributed by atoms with Crippen molar-refractivity contribution in [2.24, 2.45) is 0 Å². The zero-order chi connectivity index (χ0) is 22.3. The maximum absolute atomic E-state index is 12.8. The average molecular weight is 444 g/mol. The predicted octanol–water partition coefficient (Wildman–Crippen LogP) is 2.85. The lowest BCUT2D eigenvalue weighted by Gasteiger charge is -2.26. The third kappa shape index (κ3) is 5.86. The molecule has 1 N–H and O–H groups in total. The number of benzene rings is 1. The van der Waals surface area contributed by atoms with Crippen molar-refractivity contribution in [2.75, 3.05) is 37.7 Å². The number of nitrogens with one attached hydrogen (secondary N) is 1. The number of anilines is 1. The van der Waals surface area contributed by atoms with Crippen LogP contribution in [0.5, 0.6) is 0 Å². The Balaban J connectivity index is 2.48. The molecule has 0 bridgehead atoms. The topological polar surface area (TPSA) is 139 Å². The summed E-state index contributed by atoms with van der Waals surface area (Å²) in [6, 6.07) is 1.83. The third-order valence-corrected chi connectivity index (χ3v) is 6.34. The summed E-state index contributed by atoms with van der Waals surface area (Å²) in [5.41, 5.74) is -1.31. The van der Waals surface area contributed by atoms with Crippen LogP contribution in [0.15, 0.2) is 17.0 Å². The molecule has 0 aromatic heterocycles. The van der Waals surface area contributed by atoms with E-state index in [0.29, 0.717) is 25.9 Å². The Morgan fingerprint density at radius 3 is 1.93 bits per heavy atom. The second kappa shape index (κ2) is 10.6. The molecule has 12 heteroatoms. The van der Waals surface area contributed by atoms with Crippen LogP contribution in [0, 0.1) is 20.2 Å². The van der Waals surface area contributed by atoms with E-state index in [1.54, 1.807) is 4.90 Å². The lowest BCUT2D eigenvalue weighted by atomic mass is 10.1. The molecule has 0 radical (unpaired) electrons. The largest absolute Gasteiger partial charge is 0.360 e. The summed E-state index contributed by atoms with van der Waals surface area (Å²) in [6.07, 6.45) is 4.29. The molecule has 0 amide bonds. The fourth-order valence-corrected chi connectivity index (χ4v) is 4.64. The number of nitrogens with zero attached hydrogens (tertiary/aromatic N) is 4. The first-order valence-corrected chi connectivity index (χ1v) is 11.6. The molecule has 1 saturated heterocycles. The van der Waals surface area contributed by atoms with E-state index in [0.717, 1.165) is 44.5 Å². The molecule has 1 heterocycles. The summed E-state index contributed by atoms with van der Waals surface area (Å²) in [6.45, 7) is 6.07. The van der Waals surface area contributed by atoms with Gasteiger partial charge in [0.15, 0.2) is 5.69 Å². The van der Waals surface area contributed by atoms with Crippen molar-refractivity contribution in [3.63, 3.8) is 0 Å². The number of rotatable bonds is 11. The van der Waals surface area contributed by atoms with Gasteiger partial charge in [0.2, 0.25) is 10.0 Å². The number of nitro benzene ring substituents is 2. The summed E-state index contributed by atoms with van der Waals surface area (Å²) in [7, 11) is -4.16. The van der Waals surface area contributed by atoms with E-state index in [9.17, 15) is 28.6 Å². The standard InChI is InChI=1S/C18H29N5O6S/c1-3-8-21(9-4-2)18-16(22(24)25)12-15(13-17(18)23(26)27)30(28,29)19-14-20-10-6-5-7-11-20/h12-13,19H,3-11,14H2,1-2H3. The quantitative estimate of drug-likeness (QED) is 0.407. The van der Waals surface area contributed by atoms with E-state index < -0.39 is 36.1 Å². The fourth-order valence-electron chi connectivity index (χ4n) is 3.59. The number of nitro groups is 2. The monoisotopic (exact) mass is 443 g/mol. The van der Waals surface area contributed by atoms with Crippen molar-refractivity contribution in [3.05, 3.63) is 32.4 Å². The van der Waals surface area contributed by atoms with Crippen LogP contribution < -0.4 is 9.62 Å². The maximum atomic E-state index is 12.8. The highest BCUT2D eigenvalue weighted by Gasteiger charge is 2.33. The van der Waals surface area contributed by atoms with Crippen molar-refractivity contribution in [2.45, 2.75) is 50.8 Å². The minimum absolute atomic E-state index is 0.0590. The average Bonchev–Trinajstić information content (AvgIpc) is 2.72. The van der Waals surface area contributed by atoms with Crippen LogP contribution in [0.1, 0.15) is 46.0 Å². The second-order valence-electron chi connectivity index (χ2n) is 7.30. The summed E-state index contributed by atoms with van der Waals surface area (Å²) in [5.74, 6) is 0. The zero-order valence-corrected chi connectivity index (χ0v) is 18.2. The van der Waals surface area contributed by atoms with Crippen molar-refractivity contribution < 1.29 is 18.3 Å². The molecular weight excluding hydrogens is 414 g/mol. The van der Waals surface area contributed by atoms with Crippen LogP contribution in [0.3, 0.4) is 0 Å². The smallest absolute Gasteiger partial charge is 0.301 e. The normalized spacial score (nSPS) is 15.1. The first kappa shape index (κ1) is 24.0. The molecule has 2 rings (SSSR count). The first-order chi connectivity index (χ1) is 14.2. The molecule has 1 aliphatic heterocycles. The van der Waals surface area contributed by atoms with Gasteiger partial charge in [-0.3, -0.25) is 25.1 Å². The first-order valence-electron chi connectivity index (χ1n) is 10.1. The Morgan fingerprint density at radius 1 is 1.00 bits per heavy atom. The van der Waals surface area contributed by atoms with Crippen LogP contribution in [0.2, 0.25) is 0 Å². The van der Waals surface area contributed by atoms with E-state index in [4.69, 9.17) is 0 Å². The fraction of sp³-hybridized carbons (Fsp3) is 0.667. The van der Waals surface area contributed by atoms with Crippen molar-refractivity contribution in [1.29, 1.82) is 0 Å². The lowest BCUT2D eigenvalue weighted by molar-refractivity contribution is -0.393. The minimum Gasteiger partial charge on any atom is -0.360 e. The van der Waals surface area contributed by atoms with Gasteiger partial charge in [-0.15, -0.1) is 0 Å². The molecule has 0 aliphatic carbocycles. The maximum Gasteiger partial charge on any atom is 0.301 e. The van der Waals surface area contributed by atoms with Gasteiger partial charge in [-0.25, -0.2) is 8.42 Å². The SMILES string of the molecule is CCCN(CCC)c1c([N+](=O)[O-])cc(S(=O)(=O)NCN2CCCCC2)cc1[N+](=O)[O-]. The Hall–Kier alpha value is -2.31. The highest BCUT2D eigenvalue weighted by molar-refractivity contribution is 7.89. The molecule has 11 nitrogen and oxygen atoms in total. The second-order valence-corrected chi connectivity index (χ2v) is 9.06. The third-order valence-electron chi connectivity index (χ3n) is 4.98. The lowest BCUT2D eigenvalue weighted by Crippen LogP contribution is -2.40. The molecular formula is C18H29N5O6S. The Morgan fingerprint density at radius 2 is 1.50 bits per heavy atom. The highest BCUT2D eigenvalue weighted by Crippen LogP contribution is 2.40. The van der Waals surface area contributed by atoms with Crippen molar-refractivity contribution >= 4 is 27.1 Å². The predicted molar refractivity (Wildman–Crippen MR) is 113 cm³/mol. The number of sulfonamides is 1. The number of hydrogen-bond acceptors (Lipinski definition) is 8. The van der Waals surface area contributed by atoms with Crippen LogP contribution >= 0.6 is 0 Å². The van der Waals surface area contributed by atoms with Gasteiger partial charge in [0.25, 0.3) is 0 Å². The summed E-state index contributed by atoms with van der Waals surface area (Å²) in [4.78, 5) is 25.0. The van der Waals surface area contributed by atoms with E-state index in [2.05, 4.69) is 4.72 Å². The molecule has 0 unspecified atom stereocenters. The molecule has 1 aliphatic rings. The van der Waals surface area contributed by atoms with Gasteiger partial charge in [-0.1, -0.05) is 20.3 Å². The van der Waals surface area contributed by atoms with Crippen LogP contribution in [0.4, 0.5) is 17.1 Å². The van der Waals surface area contributed by atoms with Gasteiger partial charge in [-0.2, -0.15) is 4.72 Å². The Bertz CT molecular complexity index is 829. The minimum atomic E-state index is -4.16. The van der Waals surface area contributed by atoms with E-state index in [1.165, 1.54) is 0 Å². The number of piperidine rings is 1. The summed E-state index contributed by atoms with van der Waals surface area (Å²) in [5, 5.41) is 23.5. The molecule has 1 aromatic carbocycles. The molecule has 168 valence electrons. The van der Waals surface area contributed by atoms with Gasteiger partial charge in [0.1, 0.15) is 0 Å². The Kier molecular flexibility index (Phi) is 8.50. The molecule has 0 spiro atoms. The van der Waals surface area contributed by atoms with Gasteiger partial charge < -0.3 is 4.90 Å². The number of hydrogen-bond donors (Lipinski definition) is 1. The summed E-state index contributed by atoms with van der Waals surface area (Å²) < 4.78 is 27.9. The van der Waals surface area contributed by atoms with Gasteiger partial charge in [0, 0.05) is 25.2 Å². The van der Waals surface area contributed by atoms with Crippen LogP contribution in [-0.4, -0.2) is 56.0 Å². The van der Waals surface area contributed by atoms with Gasteiger partial charge in [0.05, 0.1) is 21.4 Å². The van der Waals surface area contributed by atoms with E-state index in [-0.39, 0.29) is 12.4 Å². The molecule has 1 fully saturated rings. The van der Waals surface area contributed by atoms with Gasteiger partial charge in [-0.05, 0) is 38.8 Å². The van der Waals surface area contributed by atoms with Crippen molar-refractivity contribution in [3.8, 4) is 0 Å². The van der Waals surface area contributed by atoms with E-state index in [1.807, 2.05) is 18.7 Å². The van der Waals surface area contributed by atoms with Gasteiger partial charge >= 0.3 is 11.4 Å². The van der Waals surface area contributed by atoms with Crippen LogP contribution in [-0.2, 0) is 10.0 Å². The molecule has 1 aromatic rings. The Labute approximate surface area is 176 Å². The molecule has 0 saturated carbocycles. The molecule has 30 heavy (non-hydrogen) atoms.